The second kappa shape index (κ2) is 10.2. The lowest BCUT2D eigenvalue weighted by atomic mass is 9.91. The molecule has 1 aromatic rings. The molecule has 3 N–H and O–H groups in total. The Hall–Kier alpha value is -2.49. The molecule has 1 aliphatic heterocycles. The van der Waals surface area contributed by atoms with Gasteiger partial charge in [-0.05, 0) is 24.2 Å². The van der Waals surface area contributed by atoms with Crippen LogP contribution in [0.25, 0.3) is 0 Å². The SMILES string of the molecule is CC(=O)Nc1nc(C(=O)NC[C@@H]2CC(C)(C)CN2C(=O)C(CC(C)C)NC(C)=O)cs1. The van der Waals surface area contributed by atoms with Crippen molar-refractivity contribution in [2.45, 2.75) is 66.5 Å². The molecule has 0 aromatic carbocycles. The minimum Gasteiger partial charge on any atom is -0.349 e. The van der Waals surface area contributed by atoms with Gasteiger partial charge in [0.05, 0.1) is 0 Å². The van der Waals surface area contributed by atoms with Gasteiger partial charge in [-0.25, -0.2) is 4.98 Å². The number of hydrogen-bond acceptors (Lipinski definition) is 6. The van der Waals surface area contributed by atoms with Crippen molar-refractivity contribution in [3.05, 3.63) is 11.1 Å². The first kappa shape index (κ1) is 24.8. The monoisotopic (exact) mass is 451 g/mol. The zero-order chi connectivity index (χ0) is 23.3. The first-order valence-corrected chi connectivity index (χ1v) is 11.3. The van der Waals surface area contributed by atoms with Gasteiger partial charge in [-0.3, -0.25) is 19.2 Å². The maximum atomic E-state index is 13.3. The third-order valence-corrected chi connectivity index (χ3v) is 5.77. The number of anilines is 1. The van der Waals surface area contributed by atoms with Gasteiger partial charge in [0.1, 0.15) is 11.7 Å². The van der Waals surface area contributed by atoms with Crippen molar-refractivity contribution in [3.8, 4) is 0 Å². The Morgan fingerprint density at radius 2 is 1.90 bits per heavy atom. The molecule has 0 spiro atoms. The molecular formula is C21H33N5O4S. The predicted octanol–water partition coefficient (Wildman–Crippen LogP) is 2.01. The van der Waals surface area contributed by atoms with Crippen LogP contribution in [0.4, 0.5) is 5.13 Å². The van der Waals surface area contributed by atoms with Crippen LogP contribution in [-0.2, 0) is 14.4 Å². The summed E-state index contributed by atoms with van der Waals surface area (Å²) in [6, 6.07) is -0.758. The fraction of sp³-hybridized carbons (Fsp3) is 0.667. The molecule has 31 heavy (non-hydrogen) atoms. The minimum absolute atomic E-state index is 0.0944. The average molecular weight is 452 g/mol. The molecule has 1 saturated heterocycles. The number of carbonyl (C=O) groups is 4. The number of aromatic nitrogens is 1. The number of amides is 4. The van der Waals surface area contributed by atoms with E-state index in [4.69, 9.17) is 0 Å². The van der Waals surface area contributed by atoms with Crippen molar-refractivity contribution < 1.29 is 19.2 Å². The molecule has 0 saturated carbocycles. The van der Waals surface area contributed by atoms with Crippen molar-refractivity contribution in [2.24, 2.45) is 11.3 Å². The highest BCUT2D eigenvalue weighted by atomic mass is 32.1. The highest BCUT2D eigenvalue weighted by molar-refractivity contribution is 7.14. The van der Waals surface area contributed by atoms with E-state index in [9.17, 15) is 19.2 Å². The van der Waals surface area contributed by atoms with E-state index in [0.29, 0.717) is 18.1 Å². The zero-order valence-corrected chi connectivity index (χ0v) is 19.9. The fourth-order valence-corrected chi connectivity index (χ4v) is 4.61. The first-order chi connectivity index (χ1) is 14.4. The molecule has 172 valence electrons. The minimum atomic E-state index is -0.580. The quantitative estimate of drug-likeness (QED) is 0.558. The van der Waals surface area contributed by atoms with Crippen LogP contribution in [0.1, 0.15) is 64.9 Å². The molecule has 10 heteroatoms. The number of carbonyl (C=O) groups excluding carboxylic acids is 4. The molecule has 2 rings (SSSR count). The summed E-state index contributed by atoms with van der Waals surface area (Å²) in [6.07, 6.45) is 1.29. The summed E-state index contributed by atoms with van der Waals surface area (Å²) in [6.45, 7) is 11.8. The summed E-state index contributed by atoms with van der Waals surface area (Å²) in [5.41, 5.74) is 0.128. The van der Waals surface area contributed by atoms with E-state index in [1.807, 2.05) is 13.8 Å². The average Bonchev–Trinajstić information content (AvgIpc) is 3.20. The van der Waals surface area contributed by atoms with E-state index >= 15 is 0 Å². The smallest absolute Gasteiger partial charge is 0.270 e. The number of nitrogens with one attached hydrogen (secondary N) is 3. The van der Waals surface area contributed by atoms with Gasteiger partial charge in [-0.15, -0.1) is 11.3 Å². The van der Waals surface area contributed by atoms with Crippen molar-refractivity contribution >= 4 is 40.1 Å². The molecule has 2 atom stereocenters. The lowest BCUT2D eigenvalue weighted by Gasteiger charge is -2.30. The lowest BCUT2D eigenvalue weighted by Crippen LogP contribution is -2.52. The highest BCUT2D eigenvalue weighted by Gasteiger charge is 2.42. The van der Waals surface area contributed by atoms with E-state index in [1.165, 1.54) is 25.2 Å². The zero-order valence-electron chi connectivity index (χ0n) is 19.1. The number of thiazole rings is 1. The van der Waals surface area contributed by atoms with E-state index in [-0.39, 0.29) is 53.2 Å². The molecule has 4 amide bonds. The molecule has 0 radical (unpaired) electrons. The second-order valence-electron chi connectivity index (χ2n) is 9.30. The first-order valence-electron chi connectivity index (χ1n) is 10.5. The van der Waals surface area contributed by atoms with Gasteiger partial charge < -0.3 is 20.9 Å². The number of likely N-dealkylation sites (tertiary alicyclic amines) is 1. The standard InChI is InChI=1S/C21H33N5O4S/c1-12(2)7-16(23-13(3)27)19(30)26-11-21(5,6)8-15(26)9-22-18(29)17-10-31-20(25-17)24-14(4)28/h10,12,15-16H,7-9,11H2,1-6H3,(H,22,29)(H,23,27)(H,24,25,28)/t15-,16?/m0/s1. The number of hydrogen-bond donors (Lipinski definition) is 3. The van der Waals surface area contributed by atoms with Crippen molar-refractivity contribution in [1.82, 2.24) is 20.5 Å². The van der Waals surface area contributed by atoms with Crippen LogP contribution >= 0.6 is 11.3 Å². The van der Waals surface area contributed by atoms with Gasteiger partial charge in [0.25, 0.3) is 5.91 Å². The third-order valence-electron chi connectivity index (χ3n) is 5.01. The summed E-state index contributed by atoms with van der Waals surface area (Å²) in [5.74, 6) is -0.711. The fourth-order valence-electron chi connectivity index (χ4n) is 3.87. The second-order valence-corrected chi connectivity index (χ2v) is 10.2. The Bertz CT molecular complexity index is 835. The van der Waals surface area contributed by atoms with Crippen LogP contribution in [0.2, 0.25) is 0 Å². The summed E-state index contributed by atoms with van der Waals surface area (Å²) in [4.78, 5) is 54.5. The van der Waals surface area contributed by atoms with E-state index in [0.717, 1.165) is 6.42 Å². The van der Waals surface area contributed by atoms with Crippen LogP contribution < -0.4 is 16.0 Å². The summed E-state index contributed by atoms with van der Waals surface area (Å²) >= 11 is 1.18. The van der Waals surface area contributed by atoms with Gasteiger partial charge >= 0.3 is 0 Å². The lowest BCUT2D eigenvalue weighted by molar-refractivity contribution is -0.137. The summed E-state index contributed by atoms with van der Waals surface area (Å²) < 4.78 is 0. The molecular weight excluding hydrogens is 418 g/mol. The van der Waals surface area contributed by atoms with Crippen molar-refractivity contribution in [2.75, 3.05) is 18.4 Å². The molecule has 9 nitrogen and oxygen atoms in total. The van der Waals surface area contributed by atoms with Gasteiger partial charge in [-0.1, -0.05) is 27.7 Å². The number of rotatable bonds is 8. The summed E-state index contributed by atoms with van der Waals surface area (Å²) in [7, 11) is 0. The molecule has 1 aromatic heterocycles. The Kier molecular flexibility index (Phi) is 8.16. The summed E-state index contributed by atoms with van der Waals surface area (Å²) in [5, 5.41) is 10.1. The maximum Gasteiger partial charge on any atom is 0.270 e. The molecule has 0 aliphatic carbocycles. The van der Waals surface area contributed by atoms with Crippen molar-refractivity contribution in [1.29, 1.82) is 0 Å². The Labute approximate surface area is 187 Å². The van der Waals surface area contributed by atoms with E-state index < -0.39 is 6.04 Å². The van der Waals surface area contributed by atoms with Crippen LogP contribution in [0, 0.1) is 11.3 Å². The van der Waals surface area contributed by atoms with E-state index in [2.05, 4.69) is 34.8 Å². The topological polar surface area (TPSA) is 120 Å². The molecule has 1 fully saturated rings. The van der Waals surface area contributed by atoms with Gasteiger partial charge in [-0.2, -0.15) is 0 Å². The van der Waals surface area contributed by atoms with Crippen LogP contribution in [0.5, 0.6) is 0 Å². The van der Waals surface area contributed by atoms with Gasteiger partial charge in [0, 0.05) is 38.4 Å². The Balaban J connectivity index is 2.07. The largest absolute Gasteiger partial charge is 0.349 e. The predicted molar refractivity (Wildman–Crippen MR) is 120 cm³/mol. The van der Waals surface area contributed by atoms with Gasteiger partial charge in [0.2, 0.25) is 17.7 Å². The Morgan fingerprint density at radius 1 is 1.23 bits per heavy atom. The molecule has 2 heterocycles. The molecule has 1 aliphatic rings. The Morgan fingerprint density at radius 3 is 2.48 bits per heavy atom. The number of nitrogens with zero attached hydrogens (tertiary/aromatic N) is 2. The third kappa shape index (κ3) is 7.30. The molecule has 1 unspecified atom stereocenters. The van der Waals surface area contributed by atoms with E-state index in [1.54, 1.807) is 10.3 Å². The van der Waals surface area contributed by atoms with Crippen LogP contribution in [-0.4, -0.2) is 58.7 Å². The van der Waals surface area contributed by atoms with Gasteiger partial charge in [0.15, 0.2) is 5.13 Å². The van der Waals surface area contributed by atoms with Crippen LogP contribution in [0.3, 0.4) is 0 Å². The van der Waals surface area contributed by atoms with Crippen LogP contribution in [0.15, 0.2) is 5.38 Å². The maximum absolute atomic E-state index is 13.3. The van der Waals surface area contributed by atoms with Crippen molar-refractivity contribution in [3.63, 3.8) is 0 Å². The normalized spacial score (nSPS) is 18.5. The molecule has 0 bridgehead atoms. The highest BCUT2D eigenvalue weighted by Crippen LogP contribution is 2.34.